The van der Waals surface area contributed by atoms with Crippen LogP contribution in [0.25, 0.3) is 0 Å². The Kier molecular flexibility index (Phi) is 9.69. The molecular formula is C19H32NO5P. The Labute approximate surface area is 156 Å². The number of phosphoric acid groups is 1. The van der Waals surface area contributed by atoms with Crippen LogP contribution in [0.1, 0.15) is 74.7 Å². The minimum Gasteiger partial charge on any atom is -0.323 e. The Morgan fingerprint density at radius 3 is 2.27 bits per heavy atom. The Hall–Kier alpha value is -1.04. The van der Waals surface area contributed by atoms with Crippen molar-refractivity contribution in [2.24, 2.45) is 5.73 Å². The van der Waals surface area contributed by atoms with Crippen LogP contribution in [0.2, 0.25) is 0 Å². The zero-order valence-corrected chi connectivity index (χ0v) is 16.7. The smallest absolute Gasteiger partial charge is 0.323 e. The second kappa shape index (κ2) is 11.0. The predicted molar refractivity (Wildman–Crippen MR) is 103 cm³/mol. The molecule has 26 heavy (non-hydrogen) atoms. The zero-order valence-electron chi connectivity index (χ0n) is 15.8. The van der Waals surface area contributed by atoms with Crippen LogP contribution in [0.3, 0.4) is 0 Å². The molecule has 0 spiro atoms. The molecule has 0 saturated carbocycles. The third-order valence-corrected chi connectivity index (χ3v) is 4.69. The number of hydrogen-bond acceptors (Lipinski definition) is 4. The Balaban J connectivity index is 2.44. The Bertz CT molecular complexity index is 594. The summed E-state index contributed by atoms with van der Waals surface area (Å²) in [5, 5.41) is 0. The summed E-state index contributed by atoms with van der Waals surface area (Å²) >= 11 is 0. The lowest BCUT2D eigenvalue weighted by Gasteiger charge is -2.23. The molecule has 0 heterocycles. The Morgan fingerprint density at radius 1 is 1.12 bits per heavy atom. The maximum atomic E-state index is 12.3. The molecule has 0 fully saturated rings. The summed E-state index contributed by atoms with van der Waals surface area (Å²) in [7, 11) is -4.60. The number of ketones is 1. The molecule has 7 heteroatoms. The van der Waals surface area contributed by atoms with Crippen molar-refractivity contribution < 1.29 is 23.7 Å². The molecule has 0 saturated heterocycles. The average molecular weight is 385 g/mol. The maximum Gasteiger partial charge on any atom is 0.469 e. The van der Waals surface area contributed by atoms with Crippen LogP contribution in [-0.2, 0) is 15.5 Å². The van der Waals surface area contributed by atoms with E-state index < -0.39 is 13.4 Å². The number of carbonyl (C=O) groups excluding carboxylic acids is 1. The predicted octanol–water partition coefficient (Wildman–Crippen LogP) is 3.99. The highest BCUT2D eigenvalue weighted by molar-refractivity contribution is 7.46. The molecule has 0 aliphatic rings. The molecule has 148 valence electrons. The summed E-state index contributed by atoms with van der Waals surface area (Å²) in [6, 6.07) is 7.49. The number of rotatable bonds is 13. The standard InChI is InChI=1S/C19H32NO5P/c1-3-4-5-6-7-8-9-16-10-12-17(13-11-16)18(21)14-19(2,20)15-25-26(22,23)24/h10-13H,3-9,14-15,20H2,1-2H3,(H2,22,23,24)/t19-/m1/s1. The number of unbranched alkanes of at least 4 members (excludes halogenated alkanes) is 5. The van der Waals surface area contributed by atoms with Gasteiger partial charge in [0.05, 0.1) is 6.61 Å². The van der Waals surface area contributed by atoms with E-state index in [1.54, 1.807) is 12.1 Å². The molecule has 1 aromatic rings. The van der Waals surface area contributed by atoms with Crippen LogP contribution in [0.5, 0.6) is 0 Å². The van der Waals surface area contributed by atoms with Crippen molar-refractivity contribution >= 4 is 13.6 Å². The molecule has 0 amide bonds. The lowest BCUT2D eigenvalue weighted by Crippen LogP contribution is -2.43. The van der Waals surface area contributed by atoms with Crippen molar-refractivity contribution in [2.75, 3.05) is 6.61 Å². The van der Waals surface area contributed by atoms with Gasteiger partial charge in [0.25, 0.3) is 0 Å². The van der Waals surface area contributed by atoms with E-state index in [4.69, 9.17) is 15.5 Å². The van der Waals surface area contributed by atoms with Crippen LogP contribution in [0.15, 0.2) is 24.3 Å². The monoisotopic (exact) mass is 385 g/mol. The molecule has 0 aromatic heterocycles. The number of benzene rings is 1. The van der Waals surface area contributed by atoms with E-state index >= 15 is 0 Å². The van der Waals surface area contributed by atoms with Gasteiger partial charge in [0, 0.05) is 17.5 Å². The van der Waals surface area contributed by atoms with Crippen LogP contribution < -0.4 is 5.73 Å². The van der Waals surface area contributed by atoms with E-state index in [1.165, 1.54) is 44.6 Å². The van der Waals surface area contributed by atoms with Crippen LogP contribution in [-0.4, -0.2) is 27.7 Å². The highest BCUT2D eigenvalue weighted by Gasteiger charge is 2.27. The topological polar surface area (TPSA) is 110 Å². The third kappa shape index (κ3) is 10.2. The number of hydrogen-bond donors (Lipinski definition) is 3. The Morgan fingerprint density at radius 2 is 1.69 bits per heavy atom. The number of aryl methyl sites for hydroxylation is 1. The molecule has 1 rings (SSSR count). The molecule has 6 nitrogen and oxygen atoms in total. The minimum atomic E-state index is -4.60. The van der Waals surface area contributed by atoms with Gasteiger partial charge >= 0.3 is 7.82 Å². The van der Waals surface area contributed by atoms with E-state index in [1.807, 2.05) is 12.1 Å². The van der Waals surface area contributed by atoms with Crippen molar-refractivity contribution in [3.05, 3.63) is 35.4 Å². The number of Topliss-reactive ketones (excluding diaryl/α,β-unsaturated/α-hetero) is 1. The molecule has 0 bridgehead atoms. The van der Waals surface area contributed by atoms with Gasteiger partial charge in [0.15, 0.2) is 5.78 Å². The van der Waals surface area contributed by atoms with Gasteiger partial charge in [-0.2, -0.15) is 0 Å². The van der Waals surface area contributed by atoms with Crippen LogP contribution in [0, 0.1) is 0 Å². The first kappa shape index (κ1) is 23.0. The summed E-state index contributed by atoms with van der Waals surface area (Å²) in [4.78, 5) is 29.8. The van der Waals surface area contributed by atoms with Crippen molar-refractivity contribution in [1.29, 1.82) is 0 Å². The lowest BCUT2D eigenvalue weighted by molar-refractivity contribution is 0.0912. The average Bonchev–Trinajstić information content (AvgIpc) is 2.56. The summed E-state index contributed by atoms with van der Waals surface area (Å²) in [6.07, 6.45) is 8.46. The molecule has 1 atom stereocenters. The van der Waals surface area contributed by atoms with E-state index in [-0.39, 0.29) is 18.8 Å². The molecule has 0 radical (unpaired) electrons. The highest BCUT2D eigenvalue weighted by Crippen LogP contribution is 2.36. The van der Waals surface area contributed by atoms with E-state index in [0.717, 1.165) is 12.8 Å². The van der Waals surface area contributed by atoms with Gasteiger partial charge in [-0.15, -0.1) is 0 Å². The molecule has 0 aliphatic heterocycles. The van der Waals surface area contributed by atoms with Gasteiger partial charge < -0.3 is 15.5 Å². The van der Waals surface area contributed by atoms with Crippen molar-refractivity contribution in [3.8, 4) is 0 Å². The van der Waals surface area contributed by atoms with Crippen LogP contribution in [0.4, 0.5) is 0 Å². The molecule has 1 aromatic carbocycles. The van der Waals surface area contributed by atoms with Gasteiger partial charge in [-0.1, -0.05) is 63.3 Å². The summed E-state index contributed by atoms with van der Waals surface area (Å²) in [5.41, 5.74) is 6.53. The zero-order chi connectivity index (χ0) is 19.6. The van der Waals surface area contributed by atoms with E-state index in [2.05, 4.69) is 11.4 Å². The van der Waals surface area contributed by atoms with Gasteiger partial charge in [-0.25, -0.2) is 4.57 Å². The van der Waals surface area contributed by atoms with Crippen molar-refractivity contribution in [2.45, 2.75) is 70.8 Å². The molecule has 0 aliphatic carbocycles. The van der Waals surface area contributed by atoms with E-state index in [0.29, 0.717) is 5.56 Å². The summed E-state index contributed by atoms with van der Waals surface area (Å²) in [6.45, 7) is 3.35. The first-order valence-electron chi connectivity index (χ1n) is 9.24. The first-order chi connectivity index (χ1) is 12.1. The highest BCUT2D eigenvalue weighted by atomic mass is 31.2. The van der Waals surface area contributed by atoms with Crippen LogP contribution >= 0.6 is 7.82 Å². The second-order valence-corrected chi connectivity index (χ2v) is 8.47. The van der Waals surface area contributed by atoms with Gasteiger partial charge in [0.1, 0.15) is 0 Å². The minimum absolute atomic E-state index is 0.0518. The SMILES string of the molecule is CCCCCCCCc1ccc(C(=O)C[C@@](C)(N)COP(=O)(O)O)cc1. The largest absolute Gasteiger partial charge is 0.469 e. The fourth-order valence-corrected chi connectivity index (χ4v) is 3.18. The number of nitrogens with two attached hydrogens (primary N) is 1. The van der Waals surface area contributed by atoms with Crippen molar-refractivity contribution in [1.82, 2.24) is 0 Å². The van der Waals surface area contributed by atoms with E-state index in [9.17, 15) is 9.36 Å². The molecule has 4 N–H and O–H groups in total. The van der Waals surface area contributed by atoms with Gasteiger partial charge in [-0.05, 0) is 25.3 Å². The quantitative estimate of drug-likeness (QED) is 0.269. The summed E-state index contributed by atoms with van der Waals surface area (Å²) < 4.78 is 15.2. The second-order valence-electron chi connectivity index (χ2n) is 7.23. The molecular weight excluding hydrogens is 353 g/mol. The normalized spacial score (nSPS) is 14.2. The number of phosphoric ester groups is 1. The number of carbonyl (C=O) groups is 1. The molecule has 0 unspecified atom stereocenters. The van der Waals surface area contributed by atoms with Crippen molar-refractivity contribution in [3.63, 3.8) is 0 Å². The van der Waals surface area contributed by atoms with Gasteiger partial charge in [0.2, 0.25) is 0 Å². The first-order valence-corrected chi connectivity index (χ1v) is 10.8. The van der Waals surface area contributed by atoms with Gasteiger partial charge in [-0.3, -0.25) is 9.32 Å². The fraction of sp³-hybridized carbons (Fsp3) is 0.632. The fourth-order valence-electron chi connectivity index (χ4n) is 2.72. The lowest BCUT2D eigenvalue weighted by atomic mass is 9.93. The summed E-state index contributed by atoms with van der Waals surface area (Å²) in [5.74, 6) is -0.171. The third-order valence-electron chi connectivity index (χ3n) is 4.22. The maximum absolute atomic E-state index is 12.3.